The predicted octanol–water partition coefficient (Wildman–Crippen LogP) is 3.70. The Morgan fingerprint density at radius 2 is 2.15 bits per heavy atom. The van der Waals surface area contributed by atoms with Crippen LogP contribution in [-0.2, 0) is 24.8 Å². The third kappa shape index (κ3) is 3.49. The summed E-state index contributed by atoms with van der Waals surface area (Å²) in [6.45, 7) is 11.5. The standard InChI is InChI=1S/C25H31N7O/c1-17(2)30-9-6-23-21(15-30)25(28-32(23)20-7-11-33-16-20)31-10-8-26-22-12-18(4-5-24(22)31)19-13-27-29(3)14-19/h4-5,12-14,20,26H,1,6-11,15-16H2,2-3H3. The number of rotatable bonds is 4. The first kappa shape index (κ1) is 20.4. The molecule has 6 rings (SSSR count). The molecular weight excluding hydrogens is 414 g/mol. The molecule has 172 valence electrons. The van der Waals surface area contributed by atoms with Gasteiger partial charge in [-0.2, -0.15) is 10.2 Å². The monoisotopic (exact) mass is 445 g/mol. The second-order valence-electron chi connectivity index (χ2n) is 9.33. The van der Waals surface area contributed by atoms with Gasteiger partial charge in [0.1, 0.15) is 0 Å². The van der Waals surface area contributed by atoms with Gasteiger partial charge in [0.05, 0.1) is 30.2 Å². The van der Waals surface area contributed by atoms with Crippen molar-refractivity contribution in [2.24, 2.45) is 7.05 Å². The second kappa shape index (κ2) is 7.95. The Hall–Kier alpha value is -3.26. The van der Waals surface area contributed by atoms with Crippen LogP contribution in [0, 0.1) is 0 Å². The first-order chi connectivity index (χ1) is 16.1. The van der Waals surface area contributed by atoms with E-state index in [0.717, 1.165) is 75.0 Å². The van der Waals surface area contributed by atoms with Crippen LogP contribution in [0.1, 0.15) is 30.6 Å². The Bertz CT molecular complexity index is 1200. The molecule has 1 atom stereocenters. The average Bonchev–Trinajstić information content (AvgIpc) is 3.57. The molecule has 3 aliphatic heterocycles. The number of hydrogen-bond acceptors (Lipinski definition) is 6. The molecule has 1 saturated heterocycles. The minimum Gasteiger partial charge on any atom is -0.382 e. The van der Waals surface area contributed by atoms with Gasteiger partial charge in [0.15, 0.2) is 5.82 Å². The molecule has 1 fully saturated rings. The van der Waals surface area contributed by atoms with Gasteiger partial charge in [0, 0.05) is 75.0 Å². The molecule has 0 spiro atoms. The number of aryl methyl sites for hydroxylation is 1. The highest BCUT2D eigenvalue weighted by Crippen LogP contribution is 2.41. The van der Waals surface area contributed by atoms with Gasteiger partial charge in [0.2, 0.25) is 0 Å². The quantitative estimate of drug-likeness (QED) is 0.661. The molecule has 8 heteroatoms. The van der Waals surface area contributed by atoms with E-state index in [1.807, 2.05) is 17.9 Å². The summed E-state index contributed by atoms with van der Waals surface area (Å²) >= 11 is 0. The lowest BCUT2D eigenvalue weighted by Gasteiger charge is -2.34. The summed E-state index contributed by atoms with van der Waals surface area (Å²) in [7, 11) is 1.95. The molecule has 3 aliphatic rings. The highest BCUT2D eigenvalue weighted by molar-refractivity contribution is 5.83. The number of ether oxygens (including phenoxy) is 1. The van der Waals surface area contributed by atoms with E-state index < -0.39 is 0 Å². The molecule has 5 heterocycles. The minimum atomic E-state index is 0.333. The molecule has 8 nitrogen and oxygen atoms in total. The van der Waals surface area contributed by atoms with E-state index in [2.05, 4.69) is 62.8 Å². The second-order valence-corrected chi connectivity index (χ2v) is 9.33. The van der Waals surface area contributed by atoms with E-state index in [0.29, 0.717) is 6.04 Å². The number of anilines is 3. The van der Waals surface area contributed by atoms with Crippen molar-refractivity contribution >= 4 is 17.2 Å². The number of nitrogens with zero attached hydrogens (tertiary/aromatic N) is 6. The Labute approximate surface area is 194 Å². The van der Waals surface area contributed by atoms with Crippen molar-refractivity contribution in [1.82, 2.24) is 24.5 Å². The van der Waals surface area contributed by atoms with E-state index in [1.165, 1.54) is 22.5 Å². The van der Waals surface area contributed by atoms with Crippen molar-refractivity contribution in [1.29, 1.82) is 0 Å². The molecule has 2 aromatic heterocycles. The Kier molecular flexibility index (Phi) is 4.90. The fourth-order valence-corrected chi connectivity index (χ4v) is 5.29. The van der Waals surface area contributed by atoms with Gasteiger partial charge < -0.3 is 19.9 Å². The lowest BCUT2D eigenvalue weighted by atomic mass is 10.0. The lowest BCUT2D eigenvalue weighted by Crippen LogP contribution is -2.33. The number of hydrogen-bond donors (Lipinski definition) is 1. The van der Waals surface area contributed by atoms with E-state index >= 15 is 0 Å². The maximum atomic E-state index is 5.71. The minimum absolute atomic E-state index is 0.333. The summed E-state index contributed by atoms with van der Waals surface area (Å²) in [5, 5.41) is 13.2. The number of allylic oxidation sites excluding steroid dienone is 1. The molecular formula is C25H31N7O. The third-order valence-corrected chi connectivity index (χ3v) is 7.09. The highest BCUT2D eigenvalue weighted by Gasteiger charge is 2.33. The maximum Gasteiger partial charge on any atom is 0.160 e. The number of benzene rings is 1. The molecule has 1 aromatic carbocycles. The first-order valence-corrected chi connectivity index (χ1v) is 11.8. The molecule has 0 aliphatic carbocycles. The van der Waals surface area contributed by atoms with Crippen LogP contribution in [0.25, 0.3) is 11.1 Å². The summed E-state index contributed by atoms with van der Waals surface area (Å²) in [6.07, 6.45) is 5.99. The molecule has 0 amide bonds. The average molecular weight is 446 g/mol. The lowest BCUT2D eigenvalue weighted by molar-refractivity contribution is 0.183. The largest absolute Gasteiger partial charge is 0.382 e. The van der Waals surface area contributed by atoms with Gasteiger partial charge in [-0.25, -0.2) is 0 Å². The van der Waals surface area contributed by atoms with Gasteiger partial charge in [-0.05, 0) is 31.0 Å². The normalized spacial score (nSPS) is 19.9. The van der Waals surface area contributed by atoms with E-state index in [4.69, 9.17) is 9.84 Å². The first-order valence-electron chi connectivity index (χ1n) is 11.8. The van der Waals surface area contributed by atoms with Crippen molar-refractivity contribution in [2.45, 2.75) is 32.4 Å². The number of aromatic nitrogens is 4. The van der Waals surface area contributed by atoms with Crippen LogP contribution in [0.15, 0.2) is 42.9 Å². The number of nitrogens with one attached hydrogen (secondary N) is 1. The summed E-state index contributed by atoms with van der Waals surface area (Å²) < 4.78 is 9.83. The van der Waals surface area contributed by atoms with Crippen molar-refractivity contribution < 1.29 is 4.74 Å². The maximum absolute atomic E-state index is 5.71. The summed E-state index contributed by atoms with van der Waals surface area (Å²) in [6, 6.07) is 6.96. The smallest absolute Gasteiger partial charge is 0.160 e. The van der Waals surface area contributed by atoms with Crippen LogP contribution >= 0.6 is 0 Å². The molecule has 1 N–H and O–H groups in total. The van der Waals surface area contributed by atoms with Crippen LogP contribution in [0.4, 0.5) is 17.2 Å². The van der Waals surface area contributed by atoms with E-state index in [1.54, 1.807) is 0 Å². The zero-order chi connectivity index (χ0) is 22.5. The van der Waals surface area contributed by atoms with Crippen LogP contribution in [0.5, 0.6) is 0 Å². The van der Waals surface area contributed by atoms with Crippen molar-refractivity contribution in [3.8, 4) is 11.1 Å². The summed E-state index contributed by atoms with van der Waals surface area (Å²) in [4.78, 5) is 4.77. The molecule has 33 heavy (non-hydrogen) atoms. The zero-order valence-corrected chi connectivity index (χ0v) is 19.4. The van der Waals surface area contributed by atoms with Gasteiger partial charge >= 0.3 is 0 Å². The summed E-state index contributed by atoms with van der Waals surface area (Å²) in [5.74, 6) is 1.08. The third-order valence-electron chi connectivity index (χ3n) is 7.09. The Morgan fingerprint density at radius 3 is 2.91 bits per heavy atom. The fourth-order valence-electron chi connectivity index (χ4n) is 5.29. The molecule has 1 unspecified atom stereocenters. The molecule has 3 aromatic rings. The zero-order valence-electron chi connectivity index (χ0n) is 19.4. The SMILES string of the molecule is C=C(C)N1CCc2c(c(N3CCNc4cc(-c5cnn(C)c5)ccc43)nn2C2CCOC2)C1. The predicted molar refractivity (Wildman–Crippen MR) is 130 cm³/mol. The van der Waals surface area contributed by atoms with E-state index in [9.17, 15) is 0 Å². The van der Waals surface area contributed by atoms with Crippen LogP contribution in [0.2, 0.25) is 0 Å². The Morgan fingerprint density at radius 1 is 1.24 bits per heavy atom. The Balaban J connectivity index is 1.42. The van der Waals surface area contributed by atoms with Gasteiger partial charge in [0.25, 0.3) is 0 Å². The van der Waals surface area contributed by atoms with Crippen molar-refractivity contribution in [3.63, 3.8) is 0 Å². The van der Waals surface area contributed by atoms with Crippen LogP contribution in [-0.4, -0.2) is 57.3 Å². The van der Waals surface area contributed by atoms with Crippen LogP contribution < -0.4 is 10.2 Å². The fraction of sp³-hybridized carbons (Fsp3) is 0.440. The van der Waals surface area contributed by atoms with Crippen molar-refractivity contribution in [2.75, 3.05) is 43.1 Å². The van der Waals surface area contributed by atoms with Gasteiger partial charge in [-0.15, -0.1) is 0 Å². The topological polar surface area (TPSA) is 63.4 Å². The van der Waals surface area contributed by atoms with Gasteiger partial charge in [-0.1, -0.05) is 12.6 Å². The van der Waals surface area contributed by atoms with Crippen LogP contribution in [0.3, 0.4) is 0 Å². The highest BCUT2D eigenvalue weighted by atomic mass is 16.5. The number of fused-ring (bicyclic) bond motifs is 2. The molecule has 0 radical (unpaired) electrons. The van der Waals surface area contributed by atoms with Gasteiger partial charge in [-0.3, -0.25) is 9.36 Å². The molecule has 0 saturated carbocycles. The molecule has 0 bridgehead atoms. The van der Waals surface area contributed by atoms with Crippen molar-refractivity contribution in [3.05, 3.63) is 54.1 Å². The summed E-state index contributed by atoms with van der Waals surface area (Å²) in [5.41, 5.74) is 8.43. The van der Waals surface area contributed by atoms with E-state index in [-0.39, 0.29) is 0 Å².